The second kappa shape index (κ2) is 11.1. The van der Waals surface area contributed by atoms with Crippen LogP contribution in [0.15, 0.2) is 42.5 Å². The molecule has 3 N–H and O–H groups in total. The van der Waals surface area contributed by atoms with E-state index in [-0.39, 0.29) is 25.9 Å². The van der Waals surface area contributed by atoms with Gasteiger partial charge in [0, 0.05) is 16.6 Å². The number of benzene rings is 2. The van der Waals surface area contributed by atoms with Crippen molar-refractivity contribution in [1.82, 2.24) is 5.32 Å². The zero-order valence-corrected chi connectivity index (χ0v) is 17.0. The van der Waals surface area contributed by atoms with Gasteiger partial charge in [-0.15, -0.1) is 0 Å². The third kappa shape index (κ3) is 7.95. The van der Waals surface area contributed by atoms with Crippen LogP contribution in [-0.4, -0.2) is 34.5 Å². The summed E-state index contributed by atoms with van der Waals surface area (Å²) in [6, 6.07) is 10.4. The lowest BCUT2D eigenvalue weighted by atomic mass is 9.99. The van der Waals surface area contributed by atoms with Gasteiger partial charge in [0.15, 0.2) is 0 Å². The standard InChI is InChI=1S/C19H20ClFNO6P/c20-14-5-6-17(21)16(10-14)13-3-1-12(2-4-13)9-15(11-19(24)25)22-18(23)7-8-28-29(26)27/h1-6,10,15,29H,7-9,11H2,(H,22,23)(H,24,25)(H,26,27)/t15-/m1/s1. The highest BCUT2D eigenvalue weighted by Crippen LogP contribution is 2.26. The molecule has 0 spiro atoms. The Kier molecular flexibility index (Phi) is 8.79. The van der Waals surface area contributed by atoms with Gasteiger partial charge in [-0.1, -0.05) is 35.9 Å². The van der Waals surface area contributed by atoms with Crippen LogP contribution in [0.1, 0.15) is 18.4 Å². The predicted octanol–water partition coefficient (Wildman–Crippen LogP) is 3.44. The highest BCUT2D eigenvalue weighted by molar-refractivity contribution is 7.32. The van der Waals surface area contributed by atoms with E-state index in [0.717, 1.165) is 5.56 Å². The molecule has 0 saturated carbocycles. The smallest absolute Gasteiger partial charge is 0.316 e. The summed E-state index contributed by atoms with van der Waals surface area (Å²) in [6.45, 7) is -0.236. The summed E-state index contributed by atoms with van der Waals surface area (Å²) in [7, 11) is -3.12. The maximum Gasteiger partial charge on any atom is 0.316 e. The molecular weight excluding hydrogens is 424 g/mol. The number of amides is 1. The van der Waals surface area contributed by atoms with E-state index in [2.05, 4.69) is 9.84 Å². The molecule has 0 aliphatic rings. The third-order valence-electron chi connectivity index (χ3n) is 4.02. The third-order valence-corrected chi connectivity index (χ3v) is 4.70. The van der Waals surface area contributed by atoms with Gasteiger partial charge in [-0.05, 0) is 35.7 Å². The fourth-order valence-electron chi connectivity index (χ4n) is 2.74. The van der Waals surface area contributed by atoms with E-state index in [4.69, 9.17) is 21.6 Å². The van der Waals surface area contributed by atoms with Crippen molar-refractivity contribution in [3.63, 3.8) is 0 Å². The Labute approximate surface area is 172 Å². The first kappa shape index (κ1) is 23.0. The van der Waals surface area contributed by atoms with Gasteiger partial charge in [-0.2, -0.15) is 0 Å². The molecule has 0 aromatic heterocycles. The summed E-state index contributed by atoms with van der Waals surface area (Å²) in [4.78, 5) is 31.6. The van der Waals surface area contributed by atoms with Crippen LogP contribution in [-0.2, 0) is 25.1 Å². The molecule has 0 heterocycles. The minimum Gasteiger partial charge on any atom is -0.481 e. The summed E-state index contributed by atoms with van der Waals surface area (Å²) in [5, 5.41) is 12.1. The van der Waals surface area contributed by atoms with Gasteiger partial charge in [0.1, 0.15) is 5.82 Å². The van der Waals surface area contributed by atoms with Gasteiger partial charge in [-0.3, -0.25) is 14.2 Å². The summed E-state index contributed by atoms with van der Waals surface area (Å²) in [5.41, 5.74) is 1.71. The highest BCUT2D eigenvalue weighted by Gasteiger charge is 2.17. The number of carbonyl (C=O) groups excluding carboxylic acids is 1. The lowest BCUT2D eigenvalue weighted by Gasteiger charge is -2.17. The number of carboxylic acids is 1. The first-order chi connectivity index (χ1) is 13.7. The van der Waals surface area contributed by atoms with Gasteiger partial charge >= 0.3 is 14.2 Å². The second-order valence-corrected chi connectivity index (χ2v) is 7.51. The van der Waals surface area contributed by atoms with Crippen molar-refractivity contribution in [3.05, 3.63) is 58.9 Å². The molecule has 156 valence electrons. The van der Waals surface area contributed by atoms with Crippen molar-refractivity contribution >= 4 is 31.7 Å². The number of hydrogen-bond donors (Lipinski definition) is 3. The first-order valence-corrected chi connectivity index (χ1v) is 10.3. The molecular formula is C19H20ClFNO6P. The molecule has 0 aliphatic heterocycles. The predicted molar refractivity (Wildman–Crippen MR) is 107 cm³/mol. The molecule has 7 nitrogen and oxygen atoms in total. The lowest BCUT2D eigenvalue weighted by Crippen LogP contribution is -2.38. The Balaban J connectivity index is 2.04. The molecule has 0 radical (unpaired) electrons. The van der Waals surface area contributed by atoms with Gasteiger partial charge in [0.05, 0.1) is 19.4 Å². The zero-order chi connectivity index (χ0) is 21.4. The van der Waals surface area contributed by atoms with Crippen molar-refractivity contribution < 1.29 is 33.1 Å². The summed E-state index contributed by atoms with van der Waals surface area (Å²) < 4.78 is 28.9. The normalized spacial score (nSPS) is 12.9. The Morgan fingerprint density at radius 2 is 1.90 bits per heavy atom. The quantitative estimate of drug-likeness (QED) is 0.485. The van der Waals surface area contributed by atoms with Crippen molar-refractivity contribution in [3.8, 4) is 11.1 Å². The first-order valence-electron chi connectivity index (χ1n) is 8.66. The van der Waals surface area contributed by atoms with E-state index in [1.165, 1.54) is 18.2 Å². The number of aliphatic carboxylic acids is 1. The molecule has 0 fully saturated rings. The molecule has 2 aromatic rings. The van der Waals surface area contributed by atoms with E-state index in [1.807, 2.05) is 0 Å². The van der Waals surface area contributed by atoms with Crippen molar-refractivity contribution in [2.24, 2.45) is 0 Å². The van der Waals surface area contributed by atoms with Crippen LogP contribution in [0.4, 0.5) is 4.39 Å². The van der Waals surface area contributed by atoms with E-state index in [9.17, 15) is 18.5 Å². The van der Waals surface area contributed by atoms with E-state index in [0.29, 0.717) is 16.1 Å². The van der Waals surface area contributed by atoms with Crippen molar-refractivity contribution in [1.29, 1.82) is 0 Å². The number of carbonyl (C=O) groups is 2. The molecule has 1 unspecified atom stereocenters. The summed E-state index contributed by atoms with van der Waals surface area (Å²) in [6.07, 6.45) is -0.220. The average Bonchev–Trinajstić information content (AvgIpc) is 2.63. The van der Waals surface area contributed by atoms with Crippen LogP contribution in [0, 0.1) is 5.82 Å². The van der Waals surface area contributed by atoms with Gasteiger partial charge in [-0.25, -0.2) is 4.39 Å². The summed E-state index contributed by atoms with van der Waals surface area (Å²) in [5.74, 6) is -1.98. The molecule has 1 amide bonds. The topological polar surface area (TPSA) is 113 Å². The molecule has 0 saturated heterocycles. The number of carboxylic acid groups (broad SMARTS) is 1. The number of nitrogens with one attached hydrogen (secondary N) is 1. The van der Waals surface area contributed by atoms with Crippen molar-refractivity contribution in [2.75, 3.05) is 6.61 Å². The Hall–Kier alpha value is -2.25. The second-order valence-electron chi connectivity index (χ2n) is 6.25. The molecule has 10 heteroatoms. The van der Waals surface area contributed by atoms with Crippen molar-refractivity contribution in [2.45, 2.75) is 25.3 Å². The average molecular weight is 444 g/mol. The van der Waals surface area contributed by atoms with Crippen LogP contribution < -0.4 is 5.32 Å². The van der Waals surface area contributed by atoms with Crippen LogP contribution in [0.3, 0.4) is 0 Å². The fourth-order valence-corrected chi connectivity index (χ4v) is 3.19. The number of halogens is 2. The zero-order valence-electron chi connectivity index (χ0n) is 15.2. The number of rotatable bonds is 10. The Morgan fingerprint density at radius 3 is 2.52 bits per heavy atom. The van der Waals surface area contributed by atoms with Gasteiger partial charge in [0.25, 0.3) is 0 Å². The van der Waals surface area contributed by atoms with E-state index in [1.54, 1.807) is 24.3 Å². The minimum atomic E-state index is -3.12. The molecule has 2 aromatic carbocycles. The molecule has 2 atom stereocenters. The molecule has 29 heavy (non-hydrogen) atoms. The molecule has 0 aliphatic carbocycles. The van der Waals surface area contributed by atoms with Crippen LogP contribution in [0.25, 0.3) is 11.1 Å². The maximum absolute atomic E-state index is 14.0. The Morgan fingerprint density at radius 1 is 1.21 bits per heavy atom. The maximum atomic E-state index is 14.0. The van der Waals surface area contributed by atoms with E-state index >= 15 is 0 Å². The largest absolute Gasteiger partial charge is 0.481 e. The van der Waals surface area contributed by atoms with Gasteiger partial charge < -0.3 is 19.8 Å². The Bertz CT molecular complexity index is 893. The monoisotopic (exact) mass is 443 g/mol. The fraction of sp³-hybridized carbons (Fsp3) is 0.263. The van der Waals surface area contributed by atoms with Crippen LogP contribution in [0.2, 0.25) is 5.02 Å². The lowest BCUT2D eigenvalue weighted by molar-refractivity contribution is -0.137. The summed E-state index contributed by atoms with van der Waals surface area (Å²) >= 11 is 5.92. The molecule has 0 bridgehead atoms. The highest BCUT2D eigenvalue weighted by atomic mass is 35.5. The SMILES string of the molecule is O=C(O)C[C@@H](Cc1ccc(-c2cc(Cl)ccc2F)cc1)NC(=O)CCO[PH](=O)O. The molecule has 2 rings (SSSR count). The van der Waals surface area contributed by atoms with Crippen LogP contribution in [0.5, 0.6) is 0 Å². The minimum absolute atomic E-state index is 0.167. The van der Waals surface area contributed by atoms with Crippen LogP contribution >= 0.6 is 19.9 Å². The number of hydrogen-bond acceptors (Lipinski definition) is 4. The van der Waals surface area contributed by atoms with E-state index < -0.39 is 32.0 Å². The van der Waals surface area contributed by atoms with Gasteiger partial charge in [0.2, 0.25) is 5.91 Å².